The van der Waals surface area contributed by atoms with Gasteiger partial charge in [-0.1, -0.05) is 0 Å². The van der Waals surface area contributed by atoms with Gasteiger partial charge in [-0.2, -0.15) is 0 Å². The lowest BCUT2D eigenvalue weighted by Crippen LogP contribution is -2.19. The number of hydrogen-bond acceptors (Lipinski definition) is 10. The molecule has 10 heteroatoms. The minimum absolute atomic E-state index is 0.106. The fraction of sp³-hybridized carbons (Fsp3) is 0.306. The van der Waals surface area contributed by atoms with Crippen LogP contribution >= 0.6 is 0 Å². The molecule has 0 amide bonds. The topological polar surface area (TPSA) is 139 Å². The van der Waals surface area contributed by atoms with Gasteiger partial charge in [-0.3, -0.25) is 9.59 Å². The van der Waals surface area contributed by atoms with E-state index in [9.17, 15) is 9.59 Å². The number of hydrogen-bond donors (Lipinski definition) is 0. The highest BCUT2D eigenvalue weighted by molar-refractivity contribution is 6.05. The summed E-state index contributed by atoms with van der Waals surface area (Å²) >= 11 is 0. The molecular formula is C49H48O10. The van der Waals surface area contributed by atoms with Crippen LogP contribution in [0.2, 0.25) is 0 Å². The molecule has 0 aliphatic heterocycles. The first-order chi connectivity index (χ1) is 27.8. The Bertz CT molecular complexity index is 2550. The maximum atomic E-state index is 13.7. The second-order valence-electron chi connectivity index (χ2n) is 17.7. The van der Waals surface area contributed by atoms with Gasteiger partial charge in [0.25, 0.3) is 11.6 Å². The van der Waals surface area contributed by atoms with Crippen molar-refractivity contribution >= 4 is 11.6 Å². The third-order valence-electron chi connectivity index (χ3n) is 11.7. The van der Waals surface area contributed by atoms with Crippen molar-refractivity contribution in [3.05, 3.63) is 190 Å². The molecule has 304 valence electrons. The van der Waals surface area contributed by atoms with Gasteiger partial charge in [0.2, 0.25) is 0 Å². The van der Waals surface area contributed by atoms with Crippen LogP contribution in [0.1, 0.15) is 159 Å². The quantitative estimate of drug-likeness (QED) is 0.0977. The number of rotatable bonds is 14. The third kappa shape index (κ3) is 6.70. The van der Waals surface area contributed by atoms with Gasteiger partial charge in [-0.25, -0.2) is 0 Å². The van der Waals surface area contributed by atoms with E-state index in [1.807, 2.05) is 118 Å². The van der Waals surface area contributed by atoms with Crippen LogP contribution in [0.4, 0.5) is 0 Å². The van der Waals surface area contributed by atoms with Crippen LogP contribution in [0.15, 0.2) is 145 Å². The van der Waals surface area contributed by atoms with Crippen molar-refractivity contribution < 1.29 is 44.9 Å². The highest BCUT2D eigenvalue weighted by Crippen LogP contribution is 2.42. The van der Waals surface area contributed by atoms with Gasteiger partial charge in [0.05, 0.1) is 39.6 Å². The molecule has 0 spiro atoms. The zero-order valence-electron chi connectivity index (χ0n) is 35.0. The molecule has 0 unspecified atom stereocenters. The Labute approximate surface area is 342 Å². The maximum Gasteiger partial charge on any atom is 0.263 e. The monoisotopic (exact) mass is 796 g/mol. The lowest BCUT2D eigenvalue weighted by Gasteiger charge is -2.22. The molecule has 8 heterocycles. The number of carbonyl (C=O) groups excluding carboxylic acids is 2. The molecule has 59 heavy (non-hydrogen) atoms. The summed E-state index contributed by atoms with van der Waals surface area (Å²) in [5.74, 6) is 6.16. The Morgan fingerprint density at radius 1 is 0.305 bits per heavy atom. The Kier molecular flexibility index (Phi) is 9.26. The maximum absolute atomic E-state index is 13.7. The van der Waals surface area contributed by atoms with E-state index in [4.69, 9.17) is 35.3 Å². The smallest absolute Gasteiger partial charge is 0.263 e. The normalized spacial score (nSPS) is 13.1. The summed E-state index contributed by atoms with van der Waals surface area (Å²) in [5.41, 5.74) is -3.17. The Hall–Kier alpha value is -6.42. The zero-order valence-corrected chi connectivity index (χ0v) is 35.0. The summed E-state index contributed by atoms with van der Waals surface area (Å²) in [5, 5.41) is 0. The van der Waals surface area contributed by atoms with Crippen molar-refractivity contribution in [1.82, 2.24) is 0 Å². The summed E-state index contributed by atoms with van der Waals surface area (Å²) < 4.78 is 48.6. The molecule has 0 N–H and O–H groups in total. The molecule has 0 aliphatic carbocycles. The van der Waals surface area contributed by atoms with Crippen molar-refractivity contribution in [3.63, 3.8) is 0 Å². The van der Waals surface area contributed by atoms with Crippen LogP contribution in [0.5, 0.6) is 0 Å². The van der Waals surface area contributed by atoms with Crippen LogP contribution in [-0.4, -0.2) is 11.6 Å². The van der Waals surface area contributed by atoms with Crippen LogP contribution < -0.4 is 0 Å². The van der Waals surface area contributed by atoms with Crippen molar-refractivity contribution in [1.29, 1.82) is 0 Å². The van der Waals surface area contributed by atoms with E-state index in [2.05, 4.69) is 0 Å². The minimum atomic E-state index is -0.843. The molecule has 8 aromatic heterocycles. The van der Waals surface area contributed by atoms with Crippen LogP contribution in [0.3, 0.4) is 0 Å². The molecule has 0 atom stereocenters. The van der Waals surface area contributed by atoms with Gasteiger partial charge in [0, 0.05) is 0 Å². The second-order valence-corrected chi connectivity index (χ2v) is 17.7. The van der Waals surface area contributed by atoms with Gasteiger partial charge in [0.1, 0.15) is 57.6 Å². The molecule has 10 nitrogen and oxygen atoms in total. The average Bonchev–Trinajstić information content (AvgIpc) is 4.08. The van der Waals surface area contributed by atoms with E-state index < -0.39 is 38.6 Å². The Morgan fingerprint density at radius 3 is 0.763 bits per heavy atom. The van der Waals surface area contributed by atoms with E-state index in [0.717, 1.165) is 23.0 Å². The van der Waals surface area contributed by atoms with E-state index in [-0.39, 0.29) is 23.0 Å². The predicted octanol–water partition coefficient (Wildman–Crippen LogP) is 12.5. The Morgan fingerprint density at radius 2 is 0.525 bits per heavy atom. The molecule has 0 saturated carbocycles. The van der Waals surface area contributed by atoms with Crippen molar-refractivity contribution in [2.75, 3.05) is 0 Å². The zero-order chi connectivity index (χ0) is 42.1. The van der Waals surface area contributed by atoms with E-state index in [1.54, 1.807) is 61.1 Å². The highest BCUT2D eigenvalue weighted by atomic mass is 16.4. The number of carbonyl (C=O) groups is 2. The highest BCUT2D eigenvalue weighted by Gasteiger charge is 2.38. The lowest BCUT2D eigenvalue weighted by molar-refractivity contribution is 0.0974. The minimum Gasteiger partial charge on any atom is -0.468 e. The van der Waals surface area contributed by atoms with Gasteiger partial charge < -0.3 is 35.3 Å². The van der Waals surface area contributed by atoms with Crippen LogP contribution in [0, 0.1) is 0 Å². The van der Waals surface area contributed by atoms with E-state index in [1.165, 1.54) is 0 Å². The van der Waals surface area contributed by atoms with Crippen molar-refractivity contribution in [2.45, 2.75) is 96.3 Å². The summed E-state index contributed by atoms with van der Waals surface area (Å²) in [6.07, 6.45) is 3.29. The SMILES string of the molecule is CC(C)(c1ccc(C(=O)c2ccc(C(C)(C)c3ccc(C(C)(C)c4ccco4)o3)o2)o1)c1ccc(C(=O)c2ccc(C(C)(C)c3ccc(C(C)(C)c4ccco4)o3)o2)o1. The van der Waals surface area contributed by atoms with Crippen molar-refractivity contribution in [2.24, 2.45) is 0 Å². The number of ketones is 2. The third-order valence-corrected chi connectivity index (χ3v) is 11.7. The molecule has 0 radical (unpaired) electrons. The molecule has 8 rings (SSSR count). The average molecular weight is 797 g/mol. The summed E-state index contributed by atoms with van der Waals surface area (Å²) in [7, 11) is 0. The summed E-state index contributed by atoms with van der Waals surface area (Å²) in [6.45, 7) is 19.8. The first kappa shape index (κ1) is 39.4. The van der Waals surface area contributed by atoms with Gasteiger partial charge in [0.15, 0.2) is 23.0 Å². The molecule has 0 fully saturated rings. The number of furan rings is 8. The fourth-order valence-corrected chi connectivity index (χ4v) is 7.32. The fourth-order valence-electron chi connectivity index (χ4n) is 7.32. The summed E-state index contributed by atoms with van der Waals surface area (Å²) in [6, 6.07) is 28.8. The molecule has 0 saturated heterocycles. The molecule has 0 aliphatic rings. The van der Waals surface area contributed by atoms with E-state index in [0.29, 0.717) is 34.6 Å². The van der Waals surface area contributed by atoms with Crippen LogP contribution in [-0.2, 0) is 27.1 Å². The lowest BCUT2D eigenvalue weighted by atomic mass is 9.87. The van der Waals surface area contributed by atoms with Gasteiger partial charge in [-0.15, -0.1) is 0 Å². The predicted molar refractivity (Wildman–Crippen MR) is 217 cm³/mol. The molecule has 0 bridgehead atoms. The molecule has 0 aromatic carbocycles. The Balaban J connectivity index is 0.952. The standard InChI is InChI=1S/C49H48O10/c1-45(2,33-13-11-27-52-33)39-23-25-41(58-39)48(7,8)37-21-17-31(56-37)43(50)29-15-19-35(54-29)47(5,6)36-20-16-30(55-36)44(51)32-18-22-38(57-32)49(9,10)42-26-24-40(59-42)46(3,4)34-14-12-28-53-34/h11-28H,1-10H3. The largest absolute Gasteiger partial charge is 0.468 e. The van der Waals surface area contributed by atoms with Crippen molar-refractivity contribution in [3.8, 4) is 0 Å². The second kappa shape index (κ2) is 13.9. The summed E-state index contributed by atoms with van der Waals surface area (Å²) in [4.78, 5) is 27.3. The molecular weight excluding hydrogens is 749 g/mol. The first-order valence-corrected chi connectivity index (χ1v) is 19.6. The first-order valence-electron chi connectivity index (χ1n) is 19.6. The van der Waals surface area contributed by atoms with Crippen LogP contribution in [0.25, 0.3) is 0 Å². The van der Waals surface area contributed by atoms with E-state index >= 15 is 0 Å². The van der Waals surface area contributed by atoms with Gasteiger partial charge in [-0.05, 0) is 166 Å². The molecule has 8 aromatic rings. The van der Waals surface area contributed by atoms with Gasteiger partial charge >= 0.3 is 0 Å².